The number of halogens is 3. The molecule has 0 bridgehead atoms. The Hall–Kier alpha value is 0.620. The summed E-state index contributed by atoms with van der Waals surface area (Å²) in [6, 6.07) is 8.62. The average molecular weight is 443 g/mol. The maximum Gasteiger partial charge on any atom is 0.0466 e. The van der Waals surface area contributed by atoms with Crippen molar-refractivity contribution in [1.29, 1.82) is 0 Å². The Labute approximate surface area is 135 Å². The van der Waals surface area contributed by atoms with Crippen LogP contribution in [0.15, 0.2) is 28.7 Å². The van der Waals surface area contributed by atoms with E-state index in [0.29, 0.717) is 0 Å². The van der Waals surface area contributed by atoms with Crippen molar-refractivity contribution in [2.75, 3.05) is 23.9 Å². The molecule has 0 saturated carbocycles. The zero-order valence-corrected chi connectivity index (χ0v) is 15.4. The third-order valence-corrected chi connectivity index (χ3v) is 5.79. The lowest BCUT2D eigenvalue weighted by molar-refractivity contribution is 0.139. The lowest BCUT2D eigenvalue weighted by Gasteiger charge is -2.31. The number of ether oxygens (including phenoxy) is 1. The van der Waals surface area contributed by atoms with Crippen molar-refractivity contribution in [2.45, 2.75) is 25.2 Å². The Morgan fingerprint density at radius 1 is 1.11 bits per heavy atom. The van der Waals surface area contributed by atoms with Crippen molar-refractivity contribution in [3.05, 3.63) is 34.3 Å². The van der Waals surface area contributed by atoms with Gasteiger partial charge in [-0.05, 0) is 37.5 Å². The van der Waals surface area contributed by atoms with Gasteiger partial charge in [-0.15, -0.1) is 0 Å². The van der Waals surface area contributed by atoms with Gasteiger partial charge < -0.3 is 4.74 Å². The minimum absolute atomic E-state index is 0.151. The first kappa shape index (κ1) is 16.7. The van der Waals surface area contributed by atoms with Crippen LogP contribution in [0.5, 0.6) is 0 Å². The fourth-order valence-electron chi connectivity index (χ4n) is 1.93. The summed E-state index contributed by atoms with van der Waals surface area (Å²) in [5.74, 6) is 0. The van der Waals surface area contributed by atoms with E-state index in [9.17, 15) is 0 Å². The minimum atomic E-state index is 0.151. The summed E-state index contributed by atoms with van der Waals surface area (Å²) >= 11 is 10.8. The Morgan fingerprint density at radius 3 is 2.22 bits per heavy atom. The second-order valence-electron chi connectivity index (χ2n) is 4.35. The first-order valence-electron chi connectivity index (χ1n) is 6.14. The van der Waals surface area contributed by atoms with E-state index in [1.165, 1.54) is 5.56 Å². The highest BCUT2D eigenvalue weighted by molar-refractivity contribution is 9.10. The van der Waals surface area contributed by atoms with Crippen LogP contribution in [0, 0.1) is 0 Å². The van der Waals surface area contributed by atoms with Crippen molar-refractivity contribution in [2.24, 2.45) is 0 Å². The molecule has 0 amide bonds. The fraction of sp³-hybridized carbons (Fsp3) is 0.571. The predicted molar refractivity (Wildman–Crippen MR) is 89.1 cm³/mol. The van der Waals surface area contributed by atoms with Crippen LogP contribution in [0.25, 0.3) is 0 Å². The van der Waals surface area contributed by atoms with Crippen LogP contribution in [-0.2, 0) is 10.2 Å². The van der Waals surface area contributed by atoms with Crippen LogP contribution in [-0.4, -0.2) is 23.9 Å². The molecule has 0 saturated heterocycles. The highest BCUT2D eigenvalue weighted by Crippen LogP contribution is 2.34. The van der Waals surface area contributed by atoms with Crippen LogP contribution < -0.4 is 0 Å². The first-order chi connectivity index (χ1) is 8.68. The van der Waals surface area contributed by atoms with E-state index in [1.807, 2.05) is 6.92 Å². The van der Waals surface area contributed by atoms with Gasteiger partial charge in [0, 0.05) is 33.8 Å². The molecule has 1 rings (SSSR count). The van der Waals surface area contributed by atoms with Crippen LogP contribution in [0.3, 0.4) is 0 Å². The molecule has 0 aliphatic heterocycles. The van der Waals surface area contributed by atoms with Crippen molar-refractivity contribution in [3.8, 4) is 0 Å². The van der Waals surface area contributed by atoms with Gasteiger partial charge in [-0.3, -0.25) is 0 Å². The molecule has 0 aliphatic rings. The molecule has 0 N–H and O–H groups in total. The van der Waals surface area contributed by atoms with E-state index in [2.05, 4.69) is 72.1 Å². The van der Waals surface area contributed by atoms with Gasteiger partial charge in [0.25, 0.3) is 0 Å². The Balaban J connectivity index is 2.75. The third kappa shape index (κ3) is 4.62. The second kappa shape index (κ2) is 8.72. The molecule has 0 unspecified atom stereocenters. The van der Waals surface area contributed by atoms with E-state index in [4.69, 9.17) is 4.74 Å². The first-order valence-corrected chi connectivity index (χ1v) is 9.18. The molecular weight excluding hydrogens is 424 g/mol. The van der Waals surface area contributed by atoms with Crippen molar-refractivity contribution >= 4 is 47.8 Å². The summed E-state index contributed by atoms with van der Waals surface area (Å²) in [7, 11) is 0. The molecule has 0 spiro atoms. The van der Waals surface area contributed by atoms with Crippen molar-refractivity contribution < 1.29 is 4.74 Å². The normalized spacial score (nSPS) is 11.8. The van der Waals surface area contributed by atoms with E-state index >= 15 is 0 Å². The van der Waals surface area contributed by atoms with Gasteiger partial charge in [-0.1, -0.05) is 59.9 Å². The zero-order chi connectivity index (χ0) is 13.4. The summed E-state index contributed by atoms with van der Waals surface area (Å²) in [6.07, 6.45) is 2.20. The maximum absolute atomic E-state index is 5.43. The Bertz CT molecular complexity index is 333. The van der Waals surface area contributed by atoms with Gasteiger partial charge >= 0.3 is 0 Å². The van der Waals surface area contributed by atoms with Gasteiger partial charge in [0.05, 0.1) is 0 Å². The predicted octanol–water partition coefficient (Wildman–Crippen LogP) is 5.29. The molecule has 1 aromatic rings. The monoisotopic (exact) mass is 440 g/mol. The molecule has 0 heterocycles. The van der Waals surface area contributed by atoms with Gasteiger partial charge in [0.15, 0.2) is 0 Å². The molecular formula is C14H19Br3O. The highest BCUT2D eigenvalue weighted by Gasteiger charge is 2.29. The van der Waals surface area contributed by atoms with Gasteiger partial charge in [-0.2, -0.15) is 0 Å². The summed E-state index contributed by atoms with van der Waals surface area (Å²) in [5, 5.41) is 1.91. The number of hydrogen-bond acceptors (Lipinski definition) is 1. The number of alkyl halides is 2. The zero-order valence-electron chi connectivity index (χ0n) is 10.6. The SMILES string of the molecule is CCOCCCC(CBr)(CBr)c1ccc(Br)cc1. The highest BCUT2D eigenvalue weighted by atomic mass is 79.9. The van der Waals surface area contributed by atoms with E-state index in [0.717, 1.165) is 41.2 Å². The molecule has 0 atom stereocenters. The molecule has 102 valence electrons. The second-order valence-corrected chi connectivity index (χ2v) is 6.39. The largest absolute Gasteiger partial charge is 0.382 e. The summed E-state index contributed by atoms with van der Waals surface area (Å²) < 4.78 is 6.56. The summed E-state index contributed by atoms with van der Waals surface area (Å²) in [6.45, 7) is 3.68. The lowest BCUT2D eigenvalue weighted by Crippen LogP contribution is -2.30. The van der Waals surface area contributed by atoms with Gasteiger partial charge in [-0.25, -0.2) is 0 Å². The van der Waals surface area contributed by atoms with Crippen LogP contribution in [0.4, 0.5) is 0 Å². The average Bonchev–Trinajstić information content (AvgIpc) is 2.41. The summed E-state index contributed by atoms with van der Waals surface area (Å²) in [4.78, 5) is 0. The molecule has 1 aromatic carbocycles. The molecule has 0 fully saturated rings. The smallest absolute Gasteiger partial charge is 0.0466 e. The van der Waals surface area contributed by atoms with Crippen LogP contribution >= 0.6 is 47.8 Å². The Morgan fingerprint density at radius 2 is 1.72 bits per heavy atom. The van der Waals surface area contributed by atoms with Gasteiger partial charge in [0.2, 0.25) is 0 Å². The quantitative estimate of drug-likeness (QED) is 0.392. The molecule has 1 nitrogen and oxygen atoms in total. The standard InChI is InChI=1S/C14H19Br3O/c1-2-18-9-3-8-14(10-15,11-16)12-4-6-13(17)7-5-12/h4-7H,2-3,8-11H2,1H3. The fourth-order valence-corrected chi connectivity index (χ4v) is 4.33. The molecule has 0 aliphatic carbocycles. The van der Waals surface area contributed by atoms with Gasteiger partial charge in [0.1, 0.15) is 0 Å². The number of rotatable bonds is 8. The minimum Gasteiger partial charge on any atom is -0.382 e. The molecule has 0 aromatic heterocycles. The number of benzene rings is 1. The number of hydrogen-bond donors (Lipinski definition) is 0. The lowest BCUT2D eigenvalue weighted by atomic mass is 9.80. The van der Waals surface area contributed by atoms with Crippen molar-refractivity contribution in [1.82, 2.24) is 0 Å². The molecule has 4 heteroatoms. The topological polar surface area (TPSA) is 9.23 Å². The van der Waals surface area contributed by atoms with E-state index < -0.39 is 0 Å². The summed E-state index contributed by atoms with van der Waals surface area (Å²) in [5.41, 5.74) is 1.52. The maximum atomic E-state index is 5.43. The van der Waals surface area contributed by atoms with Crippen LogP contribution in [0.1, 0.15) is 25.3 Å². The Kier molecular flexibility index (Phi) is 8.08. The molecule has 0 radical (unpaired) electrons. The van der Waals surface area contributed by atoms with Crippen molar-refractivity contribution in [3.63, 3.8) is 0 Å². The van der Waals surface area contributed by atoms with E-state index in [-0.39, 0.29) is 5.41 Å². The third-order valence-electron chi connectivity index (χ3n) is 3.12. The van der Waals surface area contributed by atoms with Crippen LogP contribution in [0.2, 0.25) is 0 Å². The molecule has 18 heavy (non-hydrogen) atoms. The van der Waals surface area contributed by atoms with E-state index in [1.54, 1.807) is 0 Å².